The predicted molar refractivity (Wildman–Crippen MR) is 68.8 cm³/mol. The second kappa shape index (κ2) is 6.23. The average Bonchev–Trinajstić information content (AvgIpc) is 2.42. The van der Waals surface area contributed by atoms with Crippen LogP contribution < -0.4 is 5.32 Å². The van der Waals surface area contributed by atoms with Crippen LogP contribution in [0.25, 0.3) is 0 Å². The molecule has 0 atom stereocenters. The third-order valence-electron chi connectivity index (χ3n) is 2.80. The number of nitrogens with one attached hydrogen (secondary N) is 1. The molecule has 1 N–H and O–H groups in total. The average molecular weight is 279 g/mol. The molecule has 0 aliphatic rings. The van der Waals surface area contributed by atoms with Crippen molar-refractivity contribution in [1.82, 2.24) is 5.32 Å². The van der Waals surface area contributed by atoms with Crippen molar-refractivity contribution in [1.29, 1.82) is 0 Å². The monoisotopic (exact) mass is 279 g/mol. The number of hydrogen-bond donors (Lipinski definition) is 1. The first kappa shape index (κ1) is 14.1. The Morgan fingerprint density at radius 1 is 1.00 bits per heavy atom. The minimum atomic E-state index is -0.961. The van der Waals surface area contributed by atoms with Crippen LogP contribution >= 0.6 is 0 Å². The molecule has 2 aromatic carbocycles. The largest absolute Gasteiger partial charge is 0.352 e. The van der Waals surface area contributed by atoms with Crippen LogP contribution in [0.3, 0.4) is 0 Å². The van der Waals surface area contributed by atoms with E-state index in [0.29, 0.717) is 17.7 Å². The van der Waals surface area contributed by atoms with Crippen molar-refractivity contribution in [3.05, 3.63) is 71.0 Å². The van der Waals surface area contributed by atoms with Crippen LogP contribution in [0.15, 0.2) is 42.5 Å². The fraction of sp³-hybridized carbons (Fsp3) is 0.133. The van der Waals surface area contributed by atoms with Gasteiger partial charge in [0.25, 0.3) is 5.91 Å². The molecule has 0 saturated heterocycles. The van der Waals surface area contributed by atoms with E-state index in [2.05, 4.69) is 5.32 Å². The van der Waals surface area contributed by atoms with Gasteiger partial charge in [0.15, 0.2) is 0 Å². The number of carbonyl (C=O) groups excluding carboxylic acids is 1. The van der Waals surface area contributed by atoms with E-state index >= 15 is 0 Å². The number of amides is 1. The first-order valence-corrected chi connectivity index (χ1v) is 6.04. The molecule has 0 saturated carbocycles. The first-order chi connectivity index (χ1) is 9.58. The van der Waals surface area contributed by atoms with Crippen LogP contribution in [-0.4, -0.2) is 12.5 Å². The topological polar surface area (TPSA) is 29.1 Å². The molecule has 104 valence electrons. The summed E-state index contributed by atoms with van der Waals surface area (Å²) in [7, 11) is 0. The standard InChI is InChI=1S/C15H12F3NO/c16-11-8-13(17)12(14(18)9-11)6-7-19-15(20)10-4-2-1-3-5-10/h1-5,8-9H,6-7H2,(H,19,20). The van der Waals surface area contributed by atoms with Gasteiger partial charge in [-0.1, -0.05) is 18.2 Å². The molecule has 2 rings (SSSR count). The van der Waals surface area contributed by atoms with Crippen molar-refractivity contribution in [2.24, 2.45) is 0 Å². The predicted octanol–water partition coefficient (Wildman–Crippen LogP) is 3.08. The molecular formula is C15H12F3NO. The zero-order chi connectivity index (χ0) is 14.5. The van der Waals surface area contributed by atoms with Gasteiger partial charge < -0.3 is 5.32 Å². The van der Waals surface area contributed by atoms with E-state index in [0.717, 1.165) is 0 Å². The summed E-state index contributed by atoms with van der Waals surface area (Å²) >= 11 is 0. The second-order valence-electron chi connectivity index (χ2n) is 4.22. The normalized spacial score (nSPS) is 10.3. The van der Waals surface area contributed by atoms with Crippen molar-refractivity contribution in [3.8, 4) is 0 Å². The van der Waals surface area contributed by atoms with Crippen LogP contribution in [-0.2, 0) is 6.42 Å². The minimum absolute atomic E-state index is 0.0451. The Balaban J connectivity index is 1.95. The van der Waals surface area contributed by atoms with E-state index in [4.69, 9.17) is 0 Å². The molecule has 0 aliphatic heterocycles. The zero-order valence-electron chi connectivity index (χ0n) is 10.5. The van der Waals surface area contributed by atoms with Gasteiger partial charge in [-0.15, -0.1) is 0 Å². The quantitative estimate of drug-likeness (QED) is 0.915. The van der Waals surface area contributed by atoms with Crippen LogP contribution in [0.1, 0.15) is 15.9 Å². The highest BCUT2D eigenvalue weighted by Crippen LogP contribution is 2.14. The Labute approximate surface area is 114 Å². The summed E-state index contributed by atoms with van der Waals surface area (Å²) in [5, 5.41) is 2.55. The van der Waals surface area contributed by atoms with Crippen molar-refractivity contribution in [2.45, 2.75) is 6.42 Å². The summed E-state index contributed by atoms with van der Waals surface area (Å²) in [6, 6.07) is 9.72. The van der Waals surface area contributed by atoms with Gasteiger partial charge in [0.05, 0.1) is 0 Å². The maximum absolute atomic E-state index is 13.4. The molecule has 0 fully saturated rings. The third-order valence-corrected chi connectivity index (χ3v) is 2.80. The van der Waals surface area contributed by atoms with Crippen molar-refractivity contribution < 1.29 is 18.0 Å². The van der Waals surface area contributed by atoms with Gasteiger partial charge in [0, 0.05) is 29.8 Å². The van der Waals surface area contributed by atoms with Gasteiger partial charge in [0.1, 0.15) is 17.5 Å². The van der Waals surface area contributed by atoms with Gasteiger partial charge in [0.2, 0.25) is 0 Å². The zero-order valence-corrected chi connectivity index (χ0v) is 10.5. The van der Waals surface area contributed by atoms with Gasteiger partial charge in [-0.05, 0) is 18.6 Å². The third kappa shape index (κ3) is 3.38. The smallest absolute Gasteiger partial charge is 0.251 e. The maximum atomic E-state index is 13.4. The first-order valence-electron chi connectivity index (χ1n) is 6.04. The van der Waals surface area contributed by atoms with Crippen molar-refractivity contribution >= 4 is 5.91 Å². The number of hydrogen-bond acceptors (Lipinski definition) is 1. The molecule has 5 heteroatoms. The molecular weight excluding hydrogens is 267 g/mol. The summed E-state index contributed by atoms with van der Waals surface area (Å²) in [6.45, 7) is 0.0627. The van der Waals surface area contributed by atoms with E-state index in [1.807, 2.05) is 0 Å². The van der Waals surface area contributed by atoms with Gasteiger partial charge in [-0.2, -0.15) is 0 Å². The summed E-state index contributed by atoms with van der Waals surface area (Å²) in [5.74, 6) is -3.18. The number of benzene rings is 2. The molecule has 0 spiro atoms. The maximum Gasteiger partial charge on any atom is 0.251 e. The Morgan fingerprint density at radius 3 is 2.20 bits per heavy atom. The Hall–Kier alpha value is -2.30. The molecule has 0 unspecified atom stereocenters. The lowest BCUT2D eigenvalue weighted by atomic mass is 10.1. The molecule has 0 radical (unpaired) electrons. The highest BCUT2D eigenvalue weighted by atomic mass is 19.1. The molecule has 0 heterocycles. The number of rotatable bonds is 4. The highest BCUT2D eigenvalue weighted by molar-refractivity contribution is 5.94. The lowest BCUT2D eigenvalue weighted by Crippen LogP contribution is -2.26. The van der Waals surface area contributed by atoms with Crippen LogP contribution in [0, 0.1) is 17.5 Å². The van der Waals surface area contributed by atoms with E-state index in [1.165, 1.54) is 0 Å². The molecule has 2 nitrogen and oxygen atoms in total. The summed E-state index contributed by atoms with van der Waals surface area (Å²) in [6.07, 6.45) is -0.0451. The van der Waals surface area contributed by atoms with E-state index in [1.54, 1.807) is 30.3 Å². The lowest BCUT2D eigenvalue weighted by Gasteiger charge is -2.07. The molecule has 0 bridgehead atoms. The molecule has 1 amide bonds. The fourth-order valence-electron chi connectivity index (χ4n) is 1.80. The van der Waals surface area contributed by atoms with Crippen molar-refractivity contribution in [2.75, 3.05) is 6.54 Å². The summed E-state index contributed by atoms with van der Waals surface area (Å²) in [4.78, 5) is 11.7. The molecule has 0 aromatic heterocycles. The Morgan fingerprint density at radius 2 is 1.60 bits per heavy atom. The van der Waals surface area contributed by atoms with Crippen LogP contribution in [0.4, 0.5) is 13.2 Å². The van der Waals surface area contributed by atoms with Gasteiger partial charge in [-0.3, -0.25) is 4.79 Å². The van der Waals surface area contributed by atoms with E-state index < -0.39 is 17.5 Å². The summed E-state index contributed by atoms with van der Waals surface area (Å²) in [5.41, 5.74) is 0.229. The lowest BCUT2D eigenvalue weighted by molar-refractivity contribution is 0.0954. The Kier molecular flexibility index (Phi) is 4.40. The number of carbonyl (C=O) groups is 1. The van der Waals surface area contributed by atoms with Crippen LogP contribution in [0.5, 0.6) is 0 Å². The molecule has 20 heavy (non-hydrogen) atoms. The second-order valence-corrected chi connectivity index (χ2v) is 4.22. The minimum Gasteiger partial charge on any atom is -0.352 e. The van der Waals surface area contributed by atoms with Gasteiger partial charge in [-0.25, -0.2) is 13.2 Å². The highest BCUT2D eigenvalue weighted by Gasteiger charge is 2.12. The van der Waals surface area contributed by atoms with Gasteiger partial charge >= 0.3 is 0 Å². The molecule has 0 aliphatic carbocycles. The van der Waals surface area contributed by atoms with Crippen LogP contribution in [0.2, 0.25) is 0 Å². The van der Waals surface area contributed by atoms with E-state index in [-0.39, 0.29) is 24.4 Å². The summed E-state index contributed by atoms with van der Waals surface area (Å²) < 4.78 is 39.5. The number of halogens is 3. The SMILES string of the molecule is O=C(NCCc1c(F)cc(F)cc1F)c1ccccc1. The Bertz CT molecular complexity index is 591. The van der Waals surface area contributed by atoms with E-state index in [9.17, 15) is 18.0 Å². The fourth-order valence-corrected chi connectivity index (χ4v) is 1.80. The van der Waals surface area contributed by atoms with Crippen molar-refractivity contribution in [3.63, 3.8) is 0 Å². The molecule has 2 aromatic rings.